The fourth-order valence-corrected chi connectivity index (χ4v) is 3.92. The second-order valence-corrected chi connectivity index (χ2v) is 6.79. The zero-order valence-corrected chi connectivity index (χ0v) is 14.9. The average Bonchev–Trinajstić information content (AvgIpc) is 3.09. The van der Waals surface area contributed by atoms with Gasteiger partial charge in [-0.2, -0.15) is 0 Å². The number of hydrogen-bond donors (Lipinski definition) is 0. The minimum Gasteiger partial charge on any atom is -0.497 e. The van der Waals surface area contributed by atoms with E-state index in [1.165, 1.54) is 0 Å². The van der Waals surface area contributed by atoms with Crippen molar-refractivity contribution < 1.29 is 14.3 Å². The van der Waals surface area contributed by atoms with Crippen molar-refractivity contribution in [1.82, 2.24) is 0 Å². The predicted octanol–water partition coefficient (Wildman–Crippen LogP) is 4.90. The third-order valence-electron chi connectivity index (χ3n) is 5.25. The van der Waals surface area contributed by atoms with Gasteiger partial charge in [0.2, 0.25) is 0 Å². The van der Waals surface area contributed by atoms with Crippen LogP contribution >= 0.6 is 0 Å². The van der Waals surface area contributed by atoms with Crippen LogP contribution in [0.5, 0.6) is 5.75 Å². The molecule has 26 heavy (non-hydrogen) atoms. The van der Waals surface area contributed by atoms with E-state index in [-0.39, 0.29) is 17.8 Å². The average molecular weight is 346 g/mol. The highest BCUT2D eigenvalue weighted by atomic mass is 16.5. The summed E-state index contributed by atoms with van der Waals surface area (Å²) in [6, 6.07) is 18.0. The fourth-order valence-electron chi connectivity index (χ4n) is 3.92. The first-order valence-corrected chi connectivity index (χ1v) is 9.00. The van der Waals surface area contributed by atoms with Gasteiger partial charge in [0.1, 0.15) is 17.6 Å². The molecule has 2 aliphatic rings. The van der Waals surface area contributed by atoms with Gasteiger partial charge in [0.15, 0.2) is 5.78 Å². The molecule has 0 fully saturated rings. The number of ketones is 1. The first-order valence-electron chi connectivity index (χ1n) is 9.00. The number of rotatable bonds is 4. The van der Waals surface area contributed by atoms with Gasteiger partial charge in [-0.05, 0) is 35.3 Å². The summed E-state index contributed by atoms with van der Waals surface area (Å²) in [5.41, 5.74) is 3.86. The van der Waals surface area contributed by atoms with E-state index in [2.05, 4.69) is 6.58 Å². The van der Waals surface area contributed by atoms with Gasteiger partial charge >= 0.3 is 0 Å². The molecular formula is C23H22O3. The number of methoxy groups -OCH3 is 1. The molecule has 0 saturated heterocycles. The largest absolute Gasteiger partial charge is 0.497 e. The van der Waals surface area contributed by atoms with Crippen molar-refractivity contribution in [3.8, 4) is 5.75 Å². The molecule has 4 rings (SSSR count). The smallest absolute Gasteiger partial charge is 0.163 e. The second kappa shape index (κ2) is 6.83. The Balaban J connectivity index is 1.76. The maximum Gasteiger partial charge on any atom is 0.163 e. The molecule has 2 aromatic carbocycles. The summed E-state index contributed by atoms with van der Waals surface area (Å²) in [6.45, 7) is 4.31. The summed E-state index contributed by atoms with van der Waals surface area (Å²) in [5.74, 6) is 1.74. The van der Waals surface area contributed by atoms with Gasteiger partial charge in [-0.1, -0.05) is 49.0 Å². The van der Waals surface area contributed by atoms with Crippen LogP contribution in [0.25, 0.3) is 5.57 Å². The normalized spacial score (nSPS) is 22.0. The second-order valence-electron chi connectivity index (χ2n) is 6.79. The number of Topliss-reactive ketones (excluding diaryl/α,β-unsaturated/α-hetero) is 1. The Hall–Kier alpha value is -2.81. The molecule has 0 unspecified atom stereocenters. The number of ether oxygens (including phenoxy) is 2. The number of allylic oxidation sites excluding steroid dienone is 1. The summed E-state index contributed by atoms with van der Waals surface area (Å²) in [5, 5.41) is 0. The summed E-state index contributed by atoms with van der Waals surface area (Å²) in [4.78, 5) is 12.7. The van der Waals surface area contributed by atoms with Crippen molar-refractivity contribution in [2.24, 2.45) is 0 Å². The quantitative estimate of drug-likeness (QED) is 0.790. The van der Waals surface area contributed by atoms with Crippen LogP contribution in [-0.2, 0) is 9.53 Å². The van der Waals surface area contributed by atoms with Gasteiger partial charge in [0.25, 0.3) is 0 Å². The molecule has 0 aromatic heterocycles. The van der Waals surface area contributed by atoms with Gasteiger partial charge in [0, 0.05) is 18.4 Å². The summed E-state index contributed by atoms with van der Waals surface area (Å²) in [7, 11) is 1.65. The molecule has 0 N–H and O–H groups in total. The Labute approximate surface area is 154 Å². The minimum absolute atomic E-state index is 0.114. The molecule has 0 radical (unpaired) electrons. The lowest BCUT2D eigenvalue weighted by atomic mass is 9.79. The molecule has 3 nitrogen and oxygen atoms in total. The molecule has 132 valence electrons. The lowest BCUT2D eigenvalue weighted by molar-refractivity contribution is -0.116. The first-order chi connectivity index (χ1) is 12.7. The van der Waals surface area contributed by atoms with Crippen LogP contribution in [-0.4, -0.2) is 19.0 Å². The molecule has 0 amide bonds. The third-order valence-corrected chi connectivity index (χ3v) is 5.25. The van der Waals surface area contributed by atoms with Crippen LogP contribution in [0.2, 0.25) is 0 Å². The van der Waals surface area contributed by atoms with Gasteiger partial charge < -0.3 is 9.47 Å². The lowest BCUT2D eigenvalue weighted by Gasteiger charge is -2.23. The maximum atomic E-state index is 12.7. The minimum atomic E-state index is -0.252. The van der Waals surface area contributed by atoms with E-state index < -0.39 is 0 Å². The fraction of sp³-hybridized carbons (Fsp3) is 0.261. The molecule has 0 spiro atoms. The van der Waals surface area contributed by atoms with E-state index in [4.69, 9.17) is 9.47 Å². The first kappa shape index (κ1) is 16.6. The van der Waals surface area contributed by atoms with E-state index >= 15 is 0 Å². The number of carbonyl (C=O) groups is 1. The molecule has 0 bridgehead atoms. The Morgan fingerprint density at radius 1 is 1.08 bits per heavy atom. The zero-order chi connectivity index (χ0) is 18.1. The van der Waals surface area contributed by atoms with Crippen LogP contribution in [0.4, 0.5) is 0 Å². The van der Waals surface area contributed by atoms with E-state index in [1.54, 1.807) is 7.11 Å². The lowest BCUT2D eigenvalue weighted by Crippen LogP contribution is -2.21. The molecule has 2 aromatic rings. The van der Waals surface area contributed by atoms with Crippen molar-refractivity contribution in [3.63, 3.8) is 0 Å². The van der Waals surface area contributed by atoms with Crippen LogP contribution in [0, 0.1) is 0 Å². The highest BCUT2D eigenvalue weighted by molar-refractivity contribution is 5.99. The van der Waals surface area contributed by atoms with Crippen molar-refractivity contribution in [2.75, 3.05) is 7.11 Å². The standard InChI is InChI=1S/C23H22O3/c1-15(16-7-4-3-5-8-16)23-21(17-11-13-18(25-2)14-12-17)22-19(24)9-6-10-20(22)26-23/h3-5,7-8,11-14,21,23H,1,6,9-10H2,2H3/t21-,23+/m0/s1. The van der Waals surface area contributed by atoms with Crippen molar-refractivity contribution in [2.45, 2.75) is 31.3 Å². The Bertz CT molecular complexity index is 862. The van der Waals surface area contributed by atoms with E-state index in [9.17, 15) is 4.79 Å². The molecule has 3 heteroatoms. The SMILES string of the molecule is C=C(c1ccccc1)[C@H]1OC2=C(C(=O)CCC2)[C@@H]1c1ccc(OC)cc1. The Morgan fingerprint density at radius 2 is 1.81 bits per heavy atom. The monoisotopic (exact) mass is 346 g/mol. The molecular weight excluding hydrogens is 324 g/mol. The molecule has 1 aliphatic carbocycles. The molecule has 1 aliphatic heterocycles. The van der Waals surface area contributed by atoms with Crippen molar-refractivity contribution >= 4 is 11.4 Å². The van der Waals surface area contributed by atoms with E-state index in [0.717, 1.165) is 46.6 Å². The third kappa shape index (κ3) is 2.84. The van der Waals surface area contributed by atoms with Gasteiger partial charge in [-0.25, -0.2) is 0 Å². The Kier molecular flexibility index (Phi) is 4.37. The van der Waals surface area contributed by atoms with Gasteiger partial charge in [0.05, 0.1) is 13.0 Å². The van der Waals surface area contributed by atoms with Crippen LogP contribution in [0.15, 0.2) is 72.5 Å². The van der Waals surface area contributed by atoms with E-state index in [0.29, 0.717) is 6.42 Å². The summed E-state index contributed by atoms with van der Waals surface area (Å²) in [6.07, 6.45) is 2.03. The van der Waals surface area contributed by atoms with Crippen LogP contribution in [0.3, 0.4) is 0 Å². The van der Waals surface area contributed by atoms with Crippen molar-refractivity contribution in [3.05, 3.63) is 83.6 Å². The van der Waals surface area contributed by atoms with Gasteiger partial charge in [-0.15, -0.1) is 0 Å². The van der Waals surface area contributed by atoms with Crippen LogP contribution in [0.1, 0.15) is 36.3 Å². The maximum absolute atomic E-state index is 12.7. The van der Waals surface area contributed by atoms with Gasteiger partial charge in [-0.3, -0.25) is 4.79 Å². The number of hydrogen-bond acceptors (Lipinski definition) is 3. The number of benzene rings is 2. The topological polar surface area (TPSA) is 35.5 Å². The highest BCUT2D eigenvalue weighted by Crippen LogP contribution is 2.47. The Morgan fingerprint density at radius 3 is 2.50 bits per heavy atom. The van der Waals surface area contributed by atoms with Crippen molar-refractivity contribution in [1.29, 1.82) is 0 Å². The van der Waals surface area contributed by atoms with E-state index in [1.807, 2.05) is 54.6 Å². The van der Waals surface area contributed by atoms with Crippen LogP contribution < -0.4 is 4.74 Å². The molecule has 2 atom stereocenters. The summed E-state index contributed by atoms with van der Waals surface area (Å²) < 4.78 is 11.6. The predicted molar refractivity (Wildman–Crippen MR) is 102 cm³/mol. The zero-order valence-electron chi connectivity index (χ0n) is 14.9. The highest BCUT2D eigenvalue weighted by Gasteiger charge is 2.43. The summed E-state index contributed by atoms with van der Waals surface area (Å²) >= 11 is 0. The molecule has 1 heterocycles. The number of carbonyl (C=O) groups excluding carboxylic acids is 1. The molecule has 0 saturated carbocycles.